The van der Waals surface area contributed by atoms with E-state index in [4.69, 9.17) is 3.63 Å². The number of hydrogen-bond donors (Lipinski definition) is 0. The fourth-order valence-electron chi connectivity index (χ4n) is 4.28. The lowest BCUT2D eigenvalue weighted by molar-refractivity contribution is -0.247. The van der Waals surface area contributed by atoms with E-state index >= 15 is 8.78 Å². The number of alkyl halides is 5. The van der Waals surface area contributed by atoms with Gasteiger partial charge in [0.2, 0.25) is 0 Å². The van der Waals surface area contributed by atoms with Crippen molar-refractivity contribution in [3.05, 3.63) is 126 Å². The maximum atomic E-state index is 15.8. The molecule has 234 valence electrons. The third kappa shape index (κ3) is 6.67. The van der Waals surface area contributed by atoms with Crippen LogP contribution in [-0.4, -0.2) is 31.9 Å². The van der Waals surface area contributed by atoms with Gasteiger partial charge in [-0.15, -0.1) is 0 Å². The first-order valence-electron chi connectivity index (χ1n) is 13.2. The third-order valence-electron chi connectivity index (χ3n) is 6.56. The molecule has 0 radical (unpaired) electrons. The molecule has 0 aliphatic heterocycles. The zero-order chi connectivity index (χ0) is 32.4. The number of benzene rings is 4. The number of carbonyl (C=O) groups is 1. The van der Waals surface area contributed by atoms with Crippen molar-refractivity contribution in [3.8, 4) is 0 Å². The van der Waals surface area contributed by atoms with E-state index < -0.39 is 49.5 Å². The highest BCUT2D eigenvalue weighted by molar-refractivity contribution is 8.33. The summed E-state index contributed by atoms with van der Waals surface area (Å²) in [7, 11) is -10.2. The van der Waals surface area contributed by atoms with Gasteiger partial charge < -0.3 is 4.74 Å². The van der Waals surface area contributed by atoms with Crippen LogP contribution in [0.1, 0.15) is 36.7 Å². The summed E-state index contributed by atoms with van der Waals surface area (Å²) in [6.07, 6.45) is -10.4. The van der Waals surface area contributed by atoms with Crippen LogP contribution in [0.15, 0.2) is 130 Å². The predicted molar refractivity (Wildman–Crippen MR) is 157 cm³/mol. The minimum atomic E-state index is -6.50. The van der Waals surface area contributed by atoms with Crippen LogP contribution in [-0.2, 0) is 23.9 Å². The second-order valence-electron chi connectivity index (χ2n) is 10.7. The van der Waals surface area contributed by atoms with Crippen LogP contribution in [0.5, 0.6) is 0 Å². The van der Waals surface area contributed by atoms with Crippen LogP contribution in [0.4, 0.5) is 22.0 Å². The van der Waals surface area contributed by atoms with Gasteiger partial charge in [0, 0.05) is 14.7 Å². The smallest absolute Gasteiger partial charge is 0.432 e. The summed E-state index contributed by atoms with van der Waals surface area (Å²) < 4.78 is 111. The molecule has 0 spiro atoms. The van der Waals surface area contributed by atoms with Gasteiger partial charge in [-0.3, -0.25) is 0 Å². The van der Waals surface area contributed by atoms with Gasteiger partial charge in [-0.25, -0.2) is 8.42 Å². The molecule has 0 heterocycles. The van der Waals surface area contributed by atoms with Crippen LogP contribution >= 0.6 is 10.3 Å². The second-order valence-corrected chi connectivity index (χ2v) is 15.3. The van der Waals surface area contributed by atoms with Gasteiger partial charge in [-0.05, 0) is 69.8 Å². The first kappa shape index (κ1) is 33.2. The topological polar surface area (TPSA) is 69.7 Å². The van der Waals surface area contributed by atoms with Gasteiger partial charge in [0.15, 0.2) is 0 Å². The molecule has 1 unspecified atom stereocenters. The predicted octanol–water partition coefficient (Wildman–Crippen LogP) is 8.91. The van der Waals surface area contributed by atoms with Crippen molar-refractivity contribution in [1.29, 1.82) is 0 Å². The molecule has 0 fully saturated rings. The van der Waals surface area contributed by atoms with Crippen LogP contribution in [0, 0.1) is 0 Å². The van der Waals surface area contributed by atoms with E-state index in [1.165, 1.54) is 78.9 Å². The Hall–Kier alpha value is -3.74. The minimum absolute atomic E-state index is 0.124. The molecule has 0 aliphatic rings. The van der Waals surface area contributed by atoms with Crippen molar-refractivity contribution < 1.29 is 43.5 Å². The van der Waals surface area contributed by atoms with Crippen molar-refractivity contribution in [2.75, 3.05) is 0 Å². The SMILES string of the molecule is CC(C)(C)c1ccc(S(OS(=O)(=O)C(F)(F)C(OC(=O)c2ccccc2)C(F)(F)F)(c2ccccc2)c2ccccc2)cc1. The lowest BCUT2D eigenvalue weighted by Crippen LogP contribution is -2.52. The average Bonchev–Trinajstić information content (AvgIpc) is 2.98. The summed E-state index contributed by atoms with van der Waals surface area (Å²) in [5.41, 5.74) is 0.00982. The summed E-state index contributed by atoms with van der Waals surface area (Å²) in [5.74, 6) is -1.79. The summed E-state index contributed by atoms with van der Waals surface area (Å²) in [5, 5.41) is -5.76. The molecule has 0 aliphatic carbocycles. The van der Waals surface area contributed by atoms with E-state index in [0.717, 1.165) is 17.7 Å². The molecule has 0 bridgehead atoms. The Kier molecular flexibility index (Phi) is 9.30. The van der Waals surface area contributed by atoms with Crippen molar-refractivity contribution in [2.24, 2.45) is 0 Å². The fourth-order valence-corrected chi connectivity index (χ4v) is 9.52. The highest BCUT2D eigenvalue weighted by Crippen LogP contribution is 2.70. The van der Waals surface area contributed by atoms with Gasteiger partial charge in [0.05, 0.1) is 5.56 Å². The van der Waals surface area contributed by atoms with E-state index in [1.807, 2.05) is 20.8 Å². The molecule has 1 atom stereocenters. The third-order valence-corrected chi connectivity index (χ3v) is 11.8. The van der Waals surface area contributed by atoms with E-state index in [0.29, 0.717) is 0 Å². The van der Waals surface area contributed by atoms with Crippen LogP contribution < -0.4 is 0 Å². The lowest BCUT2D eigenvalue weighted by Gasteiger charge is -2.41. The molecule has 0 N–H and O–H groups in total. The molecule has 12 heteroatoms. The summed E-state index contributed by atoms with van der Waals surface area (Å²) >= 11 is 0. The maximum Gasteiger partial charge on any atom is 0.432 e. The molecule has 0 saturated carbocycles. The molecule has 4 rings (SSSR count). The Labute approximate surface area is 254 Å². The molecular weight excluding hydrogens is 623 g/mol. The highest BCUT2D eigenvalue weighted by atomic mass is 32.3. The van der Waals surface area contributed by atoms with Crippen LogP contribution in [0.2, 0.25) is 0 Å². The number of esters is 1. The zero-order valence-corrected chi connectivity index (χ0v) is 25.4. The standard InChI is InChI=1S/C32H29F5O5S2/c1-30(2,3)24-19-21-27(22-20-24)43(25-15-9-5-10-16-25,26-17-11-6-12-18-26)42-44(39,40)32(36,37)29(31(33,34)35)41-28(38)23-13-7-4-8-14-23/h4-22,29H,1-3H3. The number of rotatable bonds is 9. The average molecular weight is 653 g/mol. The summed E-state index contributed by atoms with van der Waals surface area (Å²) in [6.45, 7) is 5.81. The molecule has 0 saturated heterocycles. The zero-order valence-electron chi connectivity index (χ0n) is 23.8. The first-order valence-corrected chi connectivity index (χ1v) is 16.2. The van der Waals surface area contributed by atoms with Gasteiger partial charge >= 0.3 is 27.5 Å². The lowest BCUT2D eigenvalue weighted by atomic mass is 9.87. The van der Waals surface area contributed by atoms with Gasteiger partial charge in [-0.1, -0.05) is 87.5 Å². The molecule has 4 aromatic rings. The minimum Gasteiger partial charge on any atom is -0.441 e. The Morgan fingerprint density at radius 3 is 1.45 bits per heavy atom. The molecule has 0 amide bonds. The van der Waals surface area contributed by atoms with Crippen LogP contribution in [0.25, 0.3) is 0 Å². The van der Waals surface area contributed by atoms with Gasteiger partial charge in [-0.2, -0.15) is 30.4 Å². The quantitative estimate of drug-likeness (QED) is 0.133. The number of hydrogen-bond acceptors (Lipinski definition) is 5. The van der Waals surface area contributed by atoms with Crippen molar-refractivity contribution in [3.63, 3.8) is 0 Å². The molecule has 0 aromatic heterocycles. The van der Waals surface area contributed by atoms with Gasteiger partial charge in [0.25, 0.3) is 6.10 Å². The Morgan fingerprint density at radius 1 is 0.636 bits per heavy atom. The monoisotopic (exact) mass is 652 g/mol. The Bertz CT molecular complexity index is 1630. The Balaban J connectivity index is 1.92. The molecule has 4 aromatic carbocycles. The van der Waals surface area contributed by atoms with Crippen molar-refractivity contribution in [1.82, 2.24) is 0 Å². The molecule has 5 nitrogen and oxygen atoms in total. The van der Waals surface area contributed by atoms with E-state index in [-0.39, 0.29) is 20.1 Å². The first-order chi connectivity index (χ1) is 20.5. The van der Waals surface area contributed by atoms with E-state index in [1.54, 1.807) is 24.3 Å². The summed E-state index contributed by atoms with van der Waals surface area (Å²) in [6, 6.07) is 27.6. The molecule has 44 heavy (non-hydrogen) atoms. The largest absolute Gasteiger partial charge is 0.441 e. The molecular formula is C32H29F5O5S2. The fraction of sp³-hybridized carbons (Fsp3) is 0.219. The van der Waals surface area contributed by atoms with E-state index in [9.17, 15) is 26.4 Å². The second kappa shape index (κ2) is 12.3. The number of ether oxygens (including phenoxy) is 1. The number of halogens is 5. The van der Waals surface area contributed by atoms with E-state index in [2.05, 4.69) is 4.74 Å². The van der Waals surface area contributed by atoms with Crippen molar-refractivity contribution >= 4 is 26.4 Å². The van der Waals surface area contributed by atoms with Gasteiger partial charge in [0.1, 0.15) is 0 Å². The van der Waals surface area contributed by atoms with Crippen LogP contribution in [0.3, 0.4) is 0 Å². The number of carbonyl (C=O) groups excluding carboxylic acids is 1. The summed E-state index contributed by atoms with van der Waals surface area (Å²) in [4.78, 5) is 12.8. The maximum absolute atomic E-state index is 15.8. The highest BCUT2D eigenvalue weighted by Gasteiger charge is 2.68. The Morgan fingerprint density at radius 2 is 1.05 bits per heavy atom. The normalized spacial score (nSPS) is 14.1. The van der Waals surface area contributed by atoms with Crippen molar-refractivity contribution in [2.45, 2.75) is 58.4 Å².